The molecule has 3 aromatic rings. The number of rotatable bonds is 9. The molecular weight excluding hydrogens is 376 g/mol. The highest BCUT2D eigenvalue weighted by molar-refractivity contribution is 7.15. The number of anilines is 1. The molecule has 0 aliphatic rings. The van der Waals surface area contributed by atoms with Crippen LogP contribution in [0.2, 0.25) is 0 Å². The Morgan fingerprint density at radius 2 is 2.04 bits per heavy atom. The molecule has 0 bridgehead atoms. The van der Waals surface area contributed by atoms with E-state index in [0.29, 0.717) is 23.4 Å². The molecule has 0 spiro atoms. The summed E-state index contributed by atoms with van der Waals surface area (Å²) < 4.78 is 11.0. The van der Waals surface area contributed by atoms with Crippen LogP contribution in [0.3, 0.4) is 0 Å². The highest BCUT2D eigenvalue weighted by Gasteiger charge is 2.16. The van der Waals surface area contributed by atoms with E-state index in [1.54, 1.807) is 6.07 Å². The van der Waals surface area contributed by atoms with E-state index in [4.69, 9.17) is 9.26 Å². The van der Waals surface area contributed by atoms with Crippen LogP contribution in [0, 0.1) is 5.92 Å². The van der Waals surface area contributed by atoms with Gasteiger partial charge >= 0.3 is 0 Å². The summed E-state index contributed by atoms with van der Waals surface area (Å²) in [6.07, 6.45) is 2.95. The Morgan fingerprint density at radius 1 is 1.25 bits per heavy atom. The van der Waals surface area contributed by atoms with Crippen LogP contribution in [0.1, 0.15) is 49.1 Å². The van der Waals surface area contributed by atoms with E-state index >= 15 is 0 Å². The third kappa shape index (κ3) is 5.39. The molecule has 1 aromatic carbocycles. The average Bonchev–Trinajstić information content (AvgIpc) is 3.32. The average molecular weight is 401 g/mol. The molecule has 0 radical (unpaired) electrons. The van der Waals surface area contributed by atoms with E-state index < -0.39 is 0 Å². The van der Waals surface area contributed by atoms with Gasteiger partial charge in [-0.3, -0.25) is 10.1 Å². The number of hydrogen-bond acceptors (Lipinski definition) is 7. The van der Waals surface area contributed by atoms with Crippen molar-refractivity contribution in [2.24, 2.45) is 5.92 Å². The zero-order chi connectivity index (χ0) is 19.9. The van der Waals surface area contributed by atoms with Crippen LogP contribution in [0.25, 0.3) is 11.3 Å². The fraction of sp³-hybridized carbons (Fsp3) is 0.400. The van der Waals surface area contributed by atoms with Gasteiger partial charge in [0.25, 0.3) is 5.91 Å². The molecule has 0 saturated heterocycles. The van der Waals surface area contributed by atoms with Crippen LogP contribution < -0.4 is 10.1 Å². The Kier molecular flexibility index (Phi) is 6.76. The molecule has 7 nitrogen and oxygen atoms in total. The summed E-state index contributed by atoms with van der Waals surface area (Å²) in [5.41, 5.74) is 1.02. The number of ether oxygens (including phenoxy) is 1. The second-order valence-electron chi connectivity index (χ2n) is 6.86. The Hall–Kier alpha value is -2.74. The maximum atomic E-state index is 12.4. The van der Waals surface area contributed by atoms with Gasteiger partial charge in [-0.15, -0.1) is 10.2 Å². The van der Waals surface area contributed by atoms with Gasteiger partial charge in [-0.25, -0.2) is 0 Å². The van der Waals surface area contributed by atoms with Crippen molar-refractivity contribution in [1.82, 2.24) is 15.4 Å². The number of amides is 1. The summed E-state index contributed by atoms with van der Waals surface area (Å²) in [5, 5.41) is 16.0. The van der Waals surface area contributed by atoms with E-state index in [1.165, 1.54) is 11.3 Å². The first kappa shape index (κ1) is 20.0. The first-order chi connectivity index (χ1) is 13.5. The first-order valence-electron chi connectivity index (χ1n) is 9.39. The summed E-state index contributed by atoms with van der Waals surface area (Å²) >= 11 is 1.37. The van der Waals surface area contributed by atoms with Gasteiger partial charge in [0, 0.05) is 18.1 Å². The standard InChI is InChI=1S/C20H24N4O3S/c1-4-5-10-26-15-8-6-14(7-9-15)17-12-16(24-27-17)19(25)21-20-23-22-18(28-20)11-13(2)3/h6-9,12-13H,4-5,10-11H2,1-3H3,(H,21,23,25). The first-order valence-corrected chi connectivity index (χ1v) is 10.2. The molecule has 0 fully saturated rings. The van der Waals surface area contributed by atoms with Gasteiger partial charge in [0.15, 0.2) is 11.5 Å². The molecule has 2 heterocycles. The predicted molar refractivity (Wildman–Crippen MR) is 109 cm³/mol. The number of nitrogens with one attached hydrogen (secondary N) is 1. The van der Waals surface area contributed by atoms with Gasteiger partial charge in [-0.1, -0.05) is 43.7 Å². The monoisotopic (exact) mass is 400 g/mol. The maximum Gasteiger partial charge on any atom is 0.279 e. The normalized spacial score (nSPS) is 11.0. The van der Waals surface area contributed by atoms with Crippen molar-refractivity contribution in [3.05, 3.63) is 41.0 Å². The molecule has 3 rings (SSSR count). The van der Waals surface area contributed by atoms with Gasteiger partial charge in [0.2, 0.25) is 5.13 Å². The third-order valence-corrected chi connectivity index (χ3v) is 4.78. The third-order valence-electron chi connectivity index (χ3n) is 3.92. The second-order valence-corrected chi connectivity index (χ2v) is 7.92. The lowest BCUT2D eigenvalue weighted by atomic mass is 10.1. The lowest BCUT2D eigenvalue weighted by Crippen LogP contribution is -2.11. The minimum Gasteiger partial charge on any atom is -0.494 e. The van der Waals surface area contributed by atoms with Gasteiger partial charge in [0.05, 0.1) is 6.61 Å². The molecule has 2 aromatic heterocycles. The van der Waals surface area contributed by atoms with E-state index in [9.17, 15) is 4.79 Å². The van der Waals surface area contributed by atoms with E-state index in [1.807, 2.05) is 24.3 Å². The molecule has 8 heteroatoms. The van der Waals surface area contributed by atoms with Crippen molar-refractivity contribution in [3.63, 3.8) is 0 Å². The predicted octanol–water partition coefficient (Wildman–Crippen LogP) is 4.82. The Balaban J connectivity index is 1.61. The van der Waals surface area contributed by atoms with E-state index in [2.05, 4.69) is 41.4 Å². The van der Waals surface area contributed by atoms with Crippen LogP contribution in [0.5, 0.6) is 5.75 Å². The number of benzene rings is 1. The van der Waals surface area contributed by atoms with Gasteiger partial charge in [0.1, 0.15) is 10.8 Å². The Labute approximate surface area is 168 Å². The van der Waals surface area contributed by atoms with Crippen molar-refractivity contribution < 1.29 is 14.1 Å². The lowest BCUT2D eigenvalue weighted by Gasteiger charge is -2.05. The van der Waals surface area contributed by atoms with Crippen LogP contribution in [-0.4, -0.2) is 27.9 Å². The zero-order valence-electron chi connectivity index (χ0n) is 16.3. The summed E-state index contributed by atoms with van der Waals surface area (Å²) in [4.78, 5) is 12.4. The molecule has 0 atom stereocenters. The molecular formula is C20H24N4O3S. The molecule has 148 valence electrons. The number of carbonyl (C=O) groups excluding carboxylic acids is 1. The molecule has 1 amide bonds. The minimum absolute atomic E-state index is 0.193. The number of hydrogen-bond donors (Lipinski definition) is 1. The SMILES string of the molecule is CCCCOc1ccc(-c2cc(C(=O)Nc3nnc(CC(C)C)s3)no2)cc1. The second kappa shape index (κ2) is 9.45. The van der Waals surface area contributed by atoms with Gasteiger partial charge in [-0.2, -0.15) is 0 Å². The molecule has 0 aliphatic heterocycles. The number of aromatic nitrogens is 3. The highest BCUT2D eigenvalue weighted by atomic mass is 32.1. The topological polar surface area (TPSA) is 90.1 Å². The molecule has 1 N–H and O–H groups in total. The van der Waals surface area contributed by atoms with Gasteiger partial charge < -0.3 is 9.26 Å². The molecule has 0 saturated carbocycles. The Bertz CT molecular complexity index is 902. The fourth-order valence-electron chi connectivity index (χ4n) is 2.47. The van der Waals surface area contributed by atoms with Crippen LogP contribution >= 0.6 is 11.3 Å². The quantitative estimate of drug-likeness (QED) is 0.518. The van der Waals surface area contributed by atoms with E-state index in [-0.39, 0.29) is 11.6 Å². The maximum absolute atomic E-state index is 12.4. The summed E-state index contributed by atoms with van der Waals surface area (Å²) in [6, 6.07) is 9.13. The largest absolute Gasteiger partial charge is 0.494 e. The smallest absolute Gasteiger partial charge is 0.279 e. The van der Waals surface area contributed by atoms with Crippen molar-refractivity contribution >= 4 is 22.4 Å². The van der Waals surface area contributed by atoms with Crippen molar-refractivity contribution in [2.75, 3.05) is 11.9 Å². The Morgan fingerprint density at radius 3 is 2.75 bits per heavy atom. The lowest BCUT2D eigenvalue weighted by molar-refractivity contribution is 0.101. The summed E-state index contributed by atoms with van der Waals surface area (Å²) in [7, 11) is 0. The highest BCUT2D eigenvalue weighted by Crippen LogP contribution is 2.24. The number of unbranched alkanes of at least 4 members (excludes halogenated alkanes) is 1. The van der Waals surface area contributed by atoms with Crippen LogP contribution in [-0.2, 0) is 6.42 Å². The minimum atomic E-state index is -0.373. The molecule has 28 heavy (non-hydrogen) atoms. The van der Waals surface area contributed by atoms with E-state index in [0.717, 1.165) is 35.6 Å². The number of nitrogens with zero attached hydrogens (tertiary/aromatic N) is 3. The van der Waals surface area contributed by atoms with Crippen molar-refractivity contribution in [3.8, 4) is 17.1 Å². The van der Waals surface area contributed by atoms with Crippen LogP contribution in [0.4, 0.5) is 5.13 Å². The number of carbonyl (C=O) groups is 1. The fourth-order valence-corrected chi connectivity index (χ4v) is 3.41. The molecule has 0 aliphatic carbocycles. The molecule has 0 unspecified atom stereocenters. The van der Waals surface area contributed by atoms with Crippen LogP contribution in [0.15, 0.2) is 34.9 Å². The van der Waals surface area contributed by atoms with Crippen molar-refractivity contribution in [2.45, 2.75) is 40.0 Å². The van der Waals surface area contributed by atoms with Gasteiger partial charge in [-0.05, 0) is 36.6 Å². The van der Waals surface area contributed by atoms with Crippen molar-refractivity contribution in [1.29, 1.82) is 0 Å². The summed E-state index contributed by atoms with van der Waals surface area (Å²) in [5.74, 6) is 1.44. The summed E-state index contributed by atoms with van der Waals surface area (Å²) in [6.45, 7) is 7.05. The zero-order valence-corrected chi connectivity index (χ0v) is 17.1.